The normalized spacial score (nSPS) is 9.56. The molecule has 0 aromatic heterocycles. The van der Waals surface area contributed by atoms with Crippen molar-refractivity contribution in [1.29, 1.82) is 0 Å². The van der Waals surface area contributed by atoms with E-state index in [4.69, 9.17) is 9.47 Å². The van der Waals surface area contributed by atoms with Gasteiger partial charge in [0.15, 0.2) is 0 Å². The molecule has 0 aromatic carbocycles. The fourth-order valence-corrected chi connectivity index (χ4v) is 1.18. The minimum absolute atomic E-state index is 0.202. The summed E-state index contributed by atoms with van der Waals surface area (Å²) in [7, 11) is 0. The van der Waals surface area contributed by atoms with Crippen LogP contribution in [0.4, 0.5) is 0 Å². The summed E-state index contributed by atoms with van der Waals surface area (Å²) in [6, 6.07) is 0. The van der Waals surface area contributed by atoms with Crippen molar-refractivity contribution in [3.05, 3.63) is 0 Å². The topological polar surface area (TPSA) is 86.7 Å². The molecule has 0 fully saturated rings. The first-order valence-corrected chi connectivity index (χ1v) is 5.89. The molecular formula is C12H18O6. The van der Waals surface area contributed by atoms with E-state index in [-0.39, 0.29) is 12.8 Å². The average molecular weight is 258 g/mol. The molecule has 0 N–H and O–H groups in total. The largest absolute Gasteiger partial charge is 0.465 e. The van der Waals surface area contributed by atoms with Gasteiger partial charge in [-0.15, -0.1) is 0 Å². The maximum Gasteiger partial charge on any atom is 0.313 e. The number of carbonyl (C=O) groups is 4. The van der Waals surface area contributed by atoms with Crippen LogP contribution in [0.15, 0.2) is 0 Å². The Bertz CT molecular complexity index is 246. The van der Waals surface area contributed by atoms with Gasteiger partial charge in [0.1, 0.15) is 25.4 Å². The summed E-state index contributed by atoms with van der Waals surface area (Å²) in [4.78, 5) is 41.5. The monoisotopic (exact) mass is 258 g/mol. The Balaban J connectivity index is 3.21. The summed E-state index contributed by atoms with van der Waals surface area (Å²) in [5.74, 6) is -1.01. The number of carbonyl (C=O) groups excluding carboxylic acids is 4. The quantitative estimate of drug-likeness (QED) is 0.236. The number of aldehydes is 2. The van der Waals surface area contributed by atoms with Gasteiger partial charge in [0.2, 0.25) is 0 Å². The lowest BCUT2D eigenvalue weighted by Gasteiger charge is -2.04. The molecule has 0 spiro atoms. The first-order valence-electron chi connectivity index (χ1n) is 5.89. The van der Waals surface area contributed by atoms with Gasteiger partial charge in [-0.05, 0) is 25.7 Å². The third-order valence-corrected chi connectivity index (χ3v) is 2.06. The van der Waals surface area contributed by atoms with Crippen molar-refractivity contribution in [3.63, 3.8) is 0 Å². The van der Waals surface area contributed by atoms with Crippen molar-refractivity contribution in [3.8, 4) is 0 Å². The third kappa shape index (κ3) is 10.8. The Morgan fingerprint density at radius 1 is 0.722 bits per heavy atom. The second-order valence-corrected chi connectivity index (χ2v) is 3.60. The van der Waals surface area contributed by atoms with E-state index in [0.29, 0.717) is 38.6 Å². The maximum absolute atomic E-state index is 10.8. The second-order valence-electron chi connectivity index (χ2n) is 3.60. The van der Waals surface area contributed by atoms with Gasteiger partial charge in [0, 0.05) is 0 Å². The Morgan fingerprint density at radius 3 is 1.44 bits per heavy atom. The van der Waals surface area contributed by atoms with Gasteiger partial charge in [-0.25, -0.2) is 0 Å². The fourth-order valence-electron chi connectivity index (χ4n) is 1.18. The van der Waals surface area contributed by atoms with E-state index in [0.717, 1.165) is 12.8 Å². The molecule has 0 radical (unpaired) electrons. The van der Waals surface area contributed by atoms with E-state index in [1.807, 2.05) is 0 Å². The highest BCUT2D eigenvalue weighted by Gasteiger charge is 2.01. The van der Waals surface area contributed by atoms with Crippen LogP contribution in [0.25, 0.3) is 0 Å². The van der Waals surface area contributed by atoms with Gasteiger partial charge in [0.05, 0.1) is 13.2 Å². The van der Waals surface area contributed by atoms with E-state index < -0.39 is 11.9 Å². The Hall–Kier alpha value is -1.72. The lowest BCUT2D eigenvalue weighted by atomic mass is 10.2. The molecule has 0 rings (SSSR count). The number of ether oxygens (including phenoxy) is 2. The number of unbranched alkanes of at least 4 members (excludes halogenated alkanes) is 3. The van der Waals surface area contributed by atoms with Crippen LogP contribution in [-0.4, -0.2) is 37.7 Å². The van der Waals surface area contributed by atoms with Gasteiger partial charge in [-0.1, -0.05) is 0 Å². The molecule has 18 heavy (non-hydrogen) atoms. The van der Waals surface area contributed by atoms with Crippen molar-refractivity contribution in [2.24, 2.45) is 0 Å². The van der Waals surface area contributed by atoms with Crippen LogP contribution in [0.1, 0.15) is 38.5 Å². The molecule has 0 saturated heterocycles. The summed E-state index contributed by atoms with van der Waals surface area (Å²) in [5.41, 5.74) is 0. The molecule has 0 aromatic rings. The third-order valence-electron chi connectivity index (χ3n) is 2.06. The van der Waals surface area contributed by atoms with Crippen molar-refractivity contribution >= 4 is 24.5 Å². The number of rotatable bonds is 11. The van der Waals surface area contributed by atoms with Crippen LogP contribution in [0, 0.1) is 0 Å². The molecule has 102 valence electrons. The van der Waals surface area contributed by atoms with E-state index in [9.17, 15) is 19.2 Å². The first kappa shape index (κ1) is 16.3. The molecule has 0 bridgehead atoms. The maximum atomic E-state index is 10.8. The highest BCUT2D eigenvalue weighted by atomic mass is 16.5. The highest BCUT2D eigenvalue weighted by molar-refractivity contribution is 5.84. The lowest BCUT2D eigenvalue weighted by molar-refractivity contribution is -0.146. The van der Waals surface area contributed by atoms with Gasteiger partial charge in [-0.2, -0.15) is 0 Å². The zero-order valence-electron chi connectivity index (χ0n) is 10.3. The minimum atomic E-state index is -0.507. The molecule has 0 aliphatic carbocycles. The molecule has 6 nitrogen and oxygen atoms in total. The summed E-state index contributed by atoms with van der Waals surface area (Å²) in [6.45, 7) is 0.606. The van der Waals surface area contributed by atoms with E-state index in [1.165, 1.54) is 0 Å². The number of hydrogen-bond donors (Lipinski definition) is 0. The predicted molar refractivity (Wildman–Crippen MR) is 61.7 cm³/mol. The summed E-state index contributed by atoms with van der Waals surface area (Å²) in [6.07, 6.45) is 3.74. The number of esters is 2. The fraction of sp³-hybridized carbons (Fsp3) is 0.667. The summed E-state index contributed by atoms with van der Waals surface area (Å²) >= 11 is 0. The molecular weight excluding hydrogens is 240 g/mol. The molecule has 0 saturated carbocycles. The second kappa shape index (κ2) is 11.8. The highest BCUT2D eigenvalue weighted by Crippen LogP contribution is 2.01. The zero-order chi connectivity index (χ0) is 13.6. The minimum Gasteiger partial charge on any atom is -0.465 e. The standard InChI is InChI=1S/C12H18O6/c13-7-5-11(15)17-9-3-1-2-4-10-18-12(16)6-8-14/h7-8H,1-6,9-10H2. The van der Waals surface area contributed by atoms with Crippen molar-refractivity contribution in [2.75, 3.05) is 13.2 Å². The van der Waals surface area contributed by atoms with E-state index in [2.05, 4.69) is 0 Å². The zero-order valence-corrected chi connectivity index (χ0v) is 10.3. The van der Waals surface area contributed by atoms with Gasteiger partial charge in [0.25, 0.3) is 0 Å². The first-order chi connectivity index (χ1) is 8.70. The van der Waals surface area contributed by atoms with E-state index in [1.54, 1.807) is 0 Å². The summed E-state index contributed by atoms with van der Waals surface area (Å²) in [5, 5.41) is 0. The smallest absolute Gasteiger partial charge is 0.313 e. The Labute approximate surface area is 106 Å². The van der Waals surface area contributed by atoms with Crippen LogP contribution in [0.2, 0.25) is 0 Å². The number of hydrogen-bond acceptors (Lipinski definition) is 6. The van der Waals surface area contributed by atoms with Gasteiger partial charge in [-0.3, -0.25) is 9.59 Å². The molecule has 0 aliphatic rings. The molecule has 0 unspecified atom stereocenters. The molecule has 0 amide bonds. The van der Waals surface area contributed by atoms with Crippen LogP contribution in [-0.2, 0) is 28.7 Å². The van der Waals surface area contributed by atoms with E-state index >= 15 is 0 Å². The molecule has 6 heteroatoms. The SMILES string of the molecule is O=CCC(=O)OCCCCCCOC(=O)CC=O. The Kier molecular flexibility index (Phi) is 10.6. The lowest BCUT2D eigenvalue weighted by Crippen LogP contribution is -2.07. The van der Waals surface area contributed by atoms with Crippen LogP contribution in [0.5, 0.6) is 0 Å². The predicted octanol–water partition coefficient (Wildman–Crippen LogP) is 0.811. The average Bonchev–Trinajstić information content (AvgIpc) is 2.33. The van der Waals surface area contributed by atoms with Gasteiger partial charge < -0.3 is 19.1 Å². The van der Waals surface area contributed by atoms with Crippen molar-refractivity contribution in [1.82, 2.24) is 0 Å². The molecule has 0 heterocycles. The van der Waals surface area contributed by atoms with Crippen LogP contribution in [0.3, 0.4) is 0 Å². The summed E-state index contributed by atoms with van der Waals surface area (Å²) < 4.78 is 9.53. The Morgan fingerprint density at radius 2 is 1.11 bits per heavy atom. The van der Waals surface area contributed by atoms with Crippen molar-refractivity contribution < 1.29 is 28.7 Å². The van der Waals surface area contributed by atoms with Crippen LogP contribution < -0.4 is 0 Å². The van der Waals surface area contributed by atoms with Crippen LogP contribution >= 0.6 is 0 Å². The van der Waals surface area contributed by atoms with Crippen molar-refractivity contribution in [2.45, 2.75) is 38.5 Å². The molecule has 0 aliphatic heterocycles. The van der Waals surface area contributed by atoms with Gasteiger partial charge >= 0.3 is 11.9 Å². The molecule has 0 atom stereocenters.